The van der Waals surface area contributed by atoms with Gasteiger partial charge in [0.15, 0.2) is 5.78 Å². The third-order valence-corrected chi connectivity index (χ3v) is 4.72. The molecule has 0 unspecified atom stereocenters. The highest BCUT2D eigenvalue weighted by atomic mass is 19.1. The molecule has 2 aromatic carbocycles. The number of primary amides is 1. The summed E-state index contributed by atoms with van der Waals surface area (Å²) in [6.07, 6.45) is 3.19. The molecule has 1 amide bonds. The molecule has 5 nitrogen and oxygen atoms in total. The average Bonchev–Trinajstić information content (AvgIpc) is 3.13. The lowest BCUT2D eigenvalue weighted by molar-refractivity contribution is 0.0998. The summed E-state index contributed by atoms with van der Waals surface area (Å²) in [5, 5.41) is 0.609. The van der Waals surface area contributed by atoms with Crippen molar-refractivity contribution in [3.05, 3.63) is 89.0 Å². The van der Waals surface area contributed by atoms with Crippen LogP contribution in [0.4, 0.5) is 4.39 Å². The average molecular weight is 373 g/mol. The molecule has 0 spiro atoms. The number of halogens is 1. The van der Waals surface area contributed by atoms with Crippen LogP contribution in [0.15, 0.2) is 60.9 Å². The van der Waals surface area contributed by atoms with Gasteiger partial charge in [-0.25, -0.2) is 9.37 Å². The number of fused-ring (bicyclic) bond motifs is 1. The summed E-state index contributed by atoms with van der Waals surface area (Å²) in [4.78, 5) is 32.0. The Hall–Kier alpha value is -3.80. The van der Waals surface area contributed by atoms with Gasteiger partial charge in [0, 0.05) is 28.9 Å². The van der Waals surface area contributed by atoms with E-state index in [9.17, 15) is 14.0 Å². The number of nitrogens with two attached hydrogens (primary N) is 1. The molecule has 2 heterocycles. The number of ketones is 1. The number of rotatable bonds is 4. The van der Waals surface area contributed by atoms with Crippen LogP contribution in [-0.4, -0.2) is 21.7 Å². The van der Waals surface area contributed by atoms with Crippen molar-refractivity contribution >= 4 is 22.7 Å². The molecule has 0 radical (unpaired) electrons. The third kappa shape index (κ3) is 2.95. The second-order valence-electron chi connectivity index (χ2n) is 6.52. The van der Waals surface area contributed by atoms with Crippen molar-refractivity contribution in [2.45, 2.75) is 6.92 Å². The van der Waals surface area contributed by atoms with Gasteiger partial charge in [0.25, 0.3) is 0 Å². The summed E-state index contributed by atoms with van der Waals surface area (Å²) in [5.41, 5.74) is 9.11. The van der Waals surface area contributed by atoms with Crippen molar-refractivity contribution in [2.75, 3.05) is 0 Å². The van der Waals surface area contributed by atoms with Crippen molar-refractivity contribution in [1.29, 1.82) is 0 Å². The van der Waals surface area contributed by atoms with Gasteiger partial charge in [-0.1, -0.05) is 18.2 Å². The van der Waals surface area contributed by atoms with Crippen LogP contribution >= 0.6 is 0 Å². The van der Waals surface area contributed by atoms with Gasteiger partial charge in [0.05, 0.1) is 5.56 Å². The van der Waals surface area contributed by atoms with Crippen molar-refractivity contribution in [3.8, 4) is 11.1 Å². The van der Waals surface area contributed by atoms with E-state index in [1.54, 1.807) is 49.6 Å². The second-order valence-corrected chi connectivity index (χ2v) is 6.52. The van der Waals surface area contributed by atoms with Crippen LogP contribution in [0.25, 0.3) is 22.2 Å². The number of H-pyrrole nitrogens is 1. The van der Waals surface area contributed by atoms with Gasteiger partial charge < -0.3 is 10.7 Å². The minimum atomic E-state index is -0.534. The Balaban J connectivity index is 1.93. The summed E-state index contributed by atoms with van der Waals surface area (Å²) in [6.45, 7) is 1.76. The van der Waals surface area contributed by atoms with Crippen molar-refractivity contribution in [2.24, 2.45) is 5.73 Å². The molecule has 0 aliphatic heterocycles. The maximum absolute atomic E-state index is 13.7. The number of amides is 1. The Morgan fingerprint density at radius 2 is 1.89 bits per heavy atom. The number of nitrogens with one attached hydrogen (secondary N) is 1. The van der Waals surface area contributed by atoms with E-state index in [2.05, 4.69) is 9.97 Å². The molecular formula is C22H16FN3O2. The fraction of sp³-hybridized carbons (Fsp3) is 0.0455. The van der Waals surface area contributed by atoms with Gasteiger partial charge in [-0.2, -0.15) is 0 Å². The van der Waals surface area contributed by atoms with E-state index < -0.39 is 11.7 Å². The quantitative estimate of drug-likeness (QED) is 0.530. The Labute approximate surface area is 160 Å². The number of hydrogen-bond donors (Lipinski definition) is 2. The first-order valence-electron chi connectivity index (χ1n) is 8.63. The minimum absolute atomic E-state index is 0.293. The van der Waals surface area contributed by atoms with Crippen LogP contribution in [0.2, 0.25) is 0 Å². The number of aromatic nitrogens is 2. The van der Waals surface area contributed by atoms with Gasteiger partial charge in [0.2, 0.25) is 5.91 Å². The molecule has 138 valence electrons. The highest BCUT2D eigenvalue weighted by Gasteiger charge is 2.20. The third-order valence-electron chi connectivity index (χ3n) is 4.72. The van der Waals surface area contributed by atoms with Crippen LogP contribution in [0.1, 0.15) is 31.8 Å². The molecule has 0 saturated heterocycles. The normalized spacial score (nSPS) is 10.9. The predicted molar refractivity (Wildman–Crippen MR) is 105 cm³/mol. The molecule has 28 heavy (non-hydrogen) atoms. The van der Waals surface area contributed by atoms with E-state index in [0.717, 1.165) is 11.1 Å². The molecule has 4 rings (SSSR count). The largest absolute Gasteiger partial charge is 0.366 e. The van der Waals surface area contributed by atoms with Gasteiger partial charge in [-0.05, 0) is 53.9 Å². The first kappa shape index (κ1) is 17.6. The predicted octanol–water partition coefficient (Wildman–Crippen LogP) is 4.01. The summed E-state index contributed by atoms with van der Waals surface area (Å²) >= 11 is 0. The van der Waals surface area contributed by atoms with Crippen LogP contribution in [0.5, 0.6) is 0 Å². The molecule has 3 N–H and O–H groups in total. The molecular weight excluding hydrogens is 357 g/mol. The summed E-state index contributed by atoms with van der Waals surface area (Å²) in [5.74, 6) is -1.31. The number of pyridine rings is 1. The lowest BCUT2D eigenvalue weighted by Crippen LogP contribution is -2.10. The molecule has 4 aromatic rings. The number of carbonyl (C=O) groups excluding carboxylic acids is 2. The van der Waals surface area contributed by atoms with Gasteiger partial charge in [-0.3, -0.25) is 9.59 Å². The van der Waals surface area contributed by atoms with E-state index >= 15 is 0 Å². The molecule has 0 aliphatic rings. The Morgan fingerprint density at radius 3 is 2.68 bits per heavy atom. The molecule has 6 heteroatoms. The summed E-state index contributed by atoms with van der Waals surface area (Å²) in [7, 11) is 0. The number of aryl methyl sites for hydroxylation is 1. The fourth-order valence-corrected chi connectivity index (χ4v) is 3.30. The van der Waals surface area contributed by atoms with E-state index in [0.29, 0.717) is 33.3 Å². The van der Waals surface area contributed by atoms with E-state index in [1.165, 1.54) is 12.1 Å². The first-order valence-corrected chi connectivity index (χ1v) is 8.63. The van der Waals surface area contributed by atoms with Crippen LogP contribution in [-0.2, 0) is 0 Å². The fourth-order valence-electron chi connectivity index (χ4n) is 3.30. The number of benzene rings is 2. The van der Waals surface area contributed by atoms with E-state index in [1.807, 2.05) is 6.07 Å². The monoisotopic (exact) mass is 373 g/mol. The molecule has 0 fully saturated rings. The number of aromatic amines is 1. The zero-order chi connectivity index (χ0) is 19.8. The Bertz CT molecular complexity index is 1240. The lowest BCUT2D eigenvalue weighted by atomic mass is 9.94. The van der Waals surface area contributed by atoms with Gasteiger partial charge in [-0.15, -0.1) is 0 Å². The highest BCUT2D eigenvalue weighted by Crippen LogP contribution is 2.32. The Morgan fingerprint density at radius 1 is 1.07 bits per heavy atom. The number of carbonyl (C=O) groups is 2. The second kappa shape index (κ2) is 6.74. The standard InChI is InChI=1S/C22H16FN3O2/c1-12-5-6-15(23)10-17(12)20(27)18-11-26-22-19(18)16(7-8-25-22)13-3-2-4-14(9-13)21(24)28/h2-11H,1H3,(H2,24,28)(H,25,26). The topological polar surface area (TPSA) is 88.8 Å². The molecule has 0 aliphatic carbocycles. The molecule has 0 atom stereocenters. The first-order chi connectivity index (χ1) is 13.5. The number of hydrogen-bond acceptors (Lipinski definition) is 3. The van der Waals surface area contributed by atoms with Gasteiger partial charge in [0.1, 0.15) is 11.5 Å². The van der Waals surface area contributed by atoms with Crippen molar-refractivity contribution in [3.63, 3.8) is 0 Å². The zero-order valence-corrected chi connectivity index (χ0v) is 15.0. The van der Waals surface area contributed by atoms with Crippen LogP contribution in [0, 0.1) is 12.7 Å². The molecule has 2 aromatic heterocycles. The highest BCUT2D eigenvalue weighted by molar-refractivity contribution is 6.19. The minimum Gasteiger partial charge on any atom is -0.366 e. The van der Waals surface area contributed by atoms with Crippen LogP contribution in [0.3, 0.4) is 0 Å². The SMILES string of the molecule is Cc1ccc(F)cc1C(=O)c1c[nH]c2nccc(-c3cccc(C(N)=O)c3)c12. The van der Waals surface area contributed by atoms with Crippen molar-refractivity contribution < 1.29 is 14.0 Å². The van der Waals surface area contributed by atoms with Gasteiger partial charge >= 0.3 is 0 Å². The summed E-state index contributed by atoms with van der Waals surface area (Å²) < 4.78 is 13.7. The summed E-state index contributed by atoms with van der Waals surface area (Å²) in [6, 6.07) is 12.8. The van der Waals surface area contributed by atoms with E-state index in [4.69, 9.17) is 5.73 Å². The smallest absolute Gasteiger partial charge is 0.248 e. The molecule has 0 saturated carbocycles. The lowest BCUT2D eigenvalue weighted by Gasteiger charge is -2.08. The molecule has 0 bridgehead atoms. The number of nitrogens with zero attached hydrogens (tertiary/aromatic N) is 1. The van der Waals surface area contributed by atoms with Crippen molar-refractivity contribution in [1.82, 2.24) is 9.97 Å². The maximum atomic E-state index is 13.7. The zero-order valence-electron chi connectivity index (χ0n) is 15.0. The van der Waals surface area contributed by atoms with E-state index in [-0.39, 0.29) is 5.78 Å². The Kier molecular flexibility index (Phi) is 4.24. The van der Waals surface area contributed by atoms with Crippen LogP contribution < -0.4 is 5.73 Å². The maximum Gasteiger partial charge on any atom is 0.248 e.